The van der Waals surface area contributed by atoms with Crippen LogP contribution in [-0.2, 0) is 25.7 Å². The minimum atomic E-state index is -0.997. The van der Waals surface area contributed by atoms with Crippen LogP contribution in [0.15, 0.2) is 36.4 Å². The second-order valence-electron chi connectivity index (χ2n) is 6.14. The zero-order chi connectivity index (χ0) is 15.1. The van der Waals surface area contributed by atoms with Crippen LogP contribution >= 0.6 is 0 Å². The first-order chi connectivity index (χ1) is 10.6. The van der Waals surface area contributed by atoms with Gasteiger partial charge in [0.05, 0.1) is 24.3 Å². The fourth-order valence-corrected chi connectivity index (χ4v) is 4.28. The van der Waals surface area contributed by atoms with E-state index < -0.39 is 35.7 Å². The molecule has 1 spiro atoms. The van der Waals surface area contributed by atoms with E-state index in [1.54, 1.807) is 11.0 Å². The number of ether oxygens (including phenoxy) is 2. The molecular weight excluding hydrogens is 286 g/mol. The Morgan fingerprint density at radius 3 is 3.00 bits per heavy atom. The molecule has 0 aromatic heterocycles. The lowest BCUT2D eigenvalue weighted by atomic mass is 9.76. The fraction of sp³-hybridized carbons (Fsp3) is 0.375. The monoisotopic (exact) mass is 299 g/mol. The van der Waals surface area contributed by atoms with Crippen molar-refractivity contribution in [1.29, 1.82) is 0 Å². The third-order valence-electron chi connectivity index (χ3n) is 5.14. The third kappa shape index (κ3) is 1.20. The van der Waals surface area contributed by atoms with E-state index in [0.29, 0.717) is 6.61 Å². The molecular formula is C16H13NO5. The highest BCUT2D eigenvalue weighted by Gasteiger charge is 2.72. The van der Waals surface area contributed by atoms with Crippen LogP contribution in [0.2, 0.25) is 0 Å². The van der Waals surface area contributed by atoms with E-state index in [-0.39, 0.29) is 5.91 Å². The summed E-state index contributed by atoms with van der Waals surface area (Å²) < 4.78 is 11.8. The molecule has 112 valence electrons. The van der Waals surface area contributed by atoms with Crippen molar-refractivity contribution in [1.82, 2.24) is 0 Å². The number of hydrogen-bond donors (Lipinski definition) is 1. The molecule has 1 N–H and O–H groups in total. The number of amides is 1. The topological polar surface area (TPSA) is 76.1 Å². The second-order valence-corrected chi connectivity index (χ2v) is 6.14. The van der Waals surface area contributed by atoms with Crippen molar-refractivity contribution in [3.8, 4) is 0 Å². The molecule has 5 atom stereocenters. The normalized spacial score (nSPS) is 40.5. The number of anilines is 1. The molecule has 0 radical (unpaired) electrons. The van der Waals surface area contributed by atoms with Gasteiger partial charge in [-0.15, -0.1) is 0 Å². The third-order valence-corrected chi connectivity index (χ3v) is 5.14. The molecule has 6 nitrogen and oxygen atoms in total. The van der Waals surface area contributed by atoms with Gasteiger partial charge < -0.3 is 14.6 Å². The molecule has 0 unspecified atom stereocenters. The Morgan fingerprint density at radius 2 is 2.18 bits per heavy atom. The number of para-hydroxylation sites is 1. The van der Waals surface area contributed by atoms with Crippen molar-refractivity contribution < 1.29 is 24.2 Å². The average molecular weight is 299 g/mol. The van der Waals surface area contributed by atoms with Crippen LogP contribution in [0.1, 0.15) is 5.56 Å². The van der Waals surface area contributed by atoms with Crippen molar-refractivity contribution in [2.75, 3.05) is 4.90 Å². The lowest BCUT2D eigenvalue weighted by Gasteiger charge is -2.37. The van der Waals surface area contributed by atoms with Gasteiger partial charge in [0, 0.05) is 5.56 Å². The smallest absolute Gasteiger partial charge is 0.310 e. The van der Waals surface area contributed by atoms with Crippen molar-refractivity contribution in [3.05, 3.63) is 42.0 Å². The van der Waals surface area contributed by atoms with Crippen LogP contribution in [0, 0.1) is 11.8 Å². The van der Waals surface area contributed by atoms with Crippen molar-refractivity contribution in [3.63, 3.8) is 0 Å². The Hall–Kier alpha value is -2.18. The second kappa shape index (κ2) is 3.77. The van der Waals surface area contributed by atoms with E-state index in [9.17, 15) is 14.7 Å². The number of carboxylic acids is 1. The van der Waals surface area contributed by atoms with Crippen LogP contribution in [0.5, 0.6) is 0 Å². The maximum Gasteiger partial charge on any atom is 0.310 e. The number of fused-ring (bicyclic) bond motifs is 4. The van der Waals surface area contributed by atoms with Crippen LogP contribution in [0.4, 0.5) is 5.69 Å². The lowest BCUT2D eigenvalue weighted by molar-refractivity contribution is -0.146. The number of carboxylic acid groups (broad SMARTS) is 1. The van der Waals surface area contributed by atoms with Gasteiger partial charge in [-0.1, -0.05) is 24.3 Å². The molecule has 0 aliphatic carbocycles. The molecule has 2 bridgehead atoms. The summed E-state index contributed by atoms with van der Waals surface area (Å²) in [6.07, 6.45) is 2.42. The summed E-state index contributed by atoms with van der Waals surface area (Å²) in [5.74, 6) is -2.80. The first kappa shape index (κ1) is 12.4. The summed E-state index contributed by atoms with van der Waals surface area (Å²) in [5.41, 5.74) is 0.740. The molecule has 4 aliphatic rings. The highest BCUT2D eigenvalue weighted by atomic mass is 16.6. The standard InChI is InChI=1S/C16H13NO5/c18-13-12-11(14(19)20)10-5-6-16(12,22-10)15-17(13)9-4-2-1-3-8(9)7-21-15/h1-6,10-12,15H,7H2,(H,19,20)/t10-,11+,12-,15+,16-/m1/s1. The van der Waals surface area contributed by atoms with Gasteiger partial charge >= 0.3 is 5.97 Å². The van der Waals surface area contributed by atoms with E-state index in [2.05, 4.69) is 0 Å². The summed E-state index contributed by atoms with van der Waals surface area (Å²) >= 11 is 0. The van der Waals surface area contributed by atoms with Gasteiger partial charge in [0.2, 0.25) is 5.91 Å². The zero-order valence-corrected chi connectivity index (χ0v) is 11.5. The zero-order valence-electron chi connectivity index (χ0n) is 11.5. The molecule has 1 aromatic carbocycles. The van der Waals surface area contributed by atoms with Gasteiger partial charge in [0.15, 0.2) is 6.23 Å². The predicted octanol–water partition coefficient (Wildman–Crippen LogP) is 0.914. The van der Waals surface area contributed by atoms with Gasteiger partial charge in [0.25, 0.3) is 0 Å². The molecule has 6 heteroatoms. The van der Waals surface area contributed by atoms with Crippen molar-refractivity contribution in [2.45, 2.75) is 24.5 Å². The number of carbonyl (C=O) groups is 2. The number of hydrogen-bond acceptors (Lipinski definition) is 4. The van der Waals surface area contributed by atoms with E-state index in [1.165, 1.54) is 0 Å². The Bertz CT molecular complexity index is 744. The summed E-state index contributed by atoms with van der Waals surface area (Å²) in [5, 5.41) is 9.50. The Kier molecular flexibility index (Phi) is 2.12. The average Bonchev–Trinajstić information content (AvgIpc) is 3.16. The van der Waals surface area contributed by atoms with Gasteiger partial charge in [-0.25, -0.2) is 0 Å². The van der Waals surface area contributed by atoms with Gasteiger partial charge in [-0.2, -0.15) is 0 Å². The van der Waals surface area contributed by atoms with Crippen molar-refractivity contribution >= 4 is 17.6 Å². The maximum atomic E-state index is 13.0. The van der Waals surface area contributed by atoms with E-state index in [4.69, 9.17) is 9.47 Å². The van der Waals surface area contributed by atoms with E-state index in [0.717, 1.165) is 11.3 Å². The Labute approximate surface area is 125 Å². The Morgan fingerprint density at radius 1 is 1.36 bits per heavy atom. The minimum absolute atomic E-state index is 0.226. The Balaban J connectivity index is 1.69. The number of nitrogens with zero attached hydrogens (tertiary/aromatic N) is 1. The highest BCUT2D eigenvalue weighted by Crippen LogP contribution is 2.57. The molecule has 1 amide bonds. The van der Waals surface area contributed by atoms with Gasteiger partial charge in [-0.05, 0) is 12.1 Å². The molecule has 4 heterocycles. The summed E-state index contributed by atoms with van der Waals surface area (Å²) in [6, 6.07) is 7.53. The van der Waals surface area contributed by atoms with Gasteiger partial charge in [0.1, 0.15) is 11.5 Å². The van der Waals surface area contributed by atoms with Gasteiger partial charge in [-0.3, -0.25) is 14.5 Å². The SMILES string of the molecule is O=C(O)[C@H]1[C@H]2C=C[C@]3(O2)[C@@H]2OCc4ccccc4N2C(=O)[C@@H]13. The maximum absolute atomic E-state index is 13.0. The lowest BCUT2D eigenvalue weighted by Crippen LogP contribution is -2.49. The largest absolute Gasteiger partial charge is 0.481 e. The molecule has 0 saturated carbocycles. The minimum Gasteiger partial charge on any atom is -0.481 e. The molecule has 1 aromatic rings. The highest BCUT2D eigenvalue weighted by molar-refractivity contribution is 6.03. The molecule has 2 fully saturated rings. The van der Waals surface area contributed by atoms with Crippen LogP contribution in [0.3, 0.4) is 0 Å². The van der Waals surface area contributed by atoms with Crippen LogP contribution in [-0.4, -0.2) is 34.9 Å². The predicted molar refractivity (Wildman–Crippen MR) is 73.9 cm³/mol. The van der Waals surface area contributed by atoms with Crippen LogP contribution in [0.25, 0.3) is 0 Å². The fourth-order valence-electron chi connectivity index (χ4n) is 4.28. The van der Waals surface area contributed by atoms with Crippen LogP contribution < -0.4 is 4.90 Å². The first-order valence-corrected chi connectivity index (χ1v) is 7.26. The number of aliphatic carboxylic acids is 1. The molecule has 4 aliphatic heterocycles. The molecule has 5 rings (SSSR count). The number of carbonyl (C=O) groups excluding carboxylic acids is 1. The number of benzene rings is 1. The first-order valence-electron chi connectivity index (χ1n) is 7.26. The molecule has 22 heavy (non-hydrogen) atoms. The summed E-state index contributed by atoms with van der Waals surface area (Å²) in [4.78, 5) is 26.1. The quantitative estimate of drug-likeness (QED) is 0.780. The van der Waals surface area contributed by atoms with E-state index in [1.807, 2.05) is 30.3 Å². The summed E-state index contributed by atoms with van der Waals surface area (Å²) in [7, 11) is 0. The van der Waals surface area contributed by atoms with Crippen molar-refractivity contribution in [2.24, 2.45) is 11.8 Å². The van der Waals surface area contributed by atoms with E-state index >= 15 is 0 Å². The molecule has 2 saturated heterocycles. The summed E-state index contributed by atoms with van der Waals surface area (Å²) in [6.45, 7) is 0.388. The number of rotatable bonds is 1.